The molecule has 0 atom stereocenters. The van der Waals surface area contributed by atoms with E-state index in [0.717, 1.165) is 23.2 Å². The smallest absolute Gasteiger partial charge is 0.191 e. The standard InChI is InChI=1S/C22H27N3OS/c1-2-25-21(18-10-4-3-5-11-18)23-24-22(25)27-16-15-26-20-14-8-12-17-9-6-7-13-19(17)20/h6-9,12-14,18H,2-5,10-11,15-16H2,1H3. The summed E-state index contributed by atoms with van der Waals surface area (Å²) in [5, 5.41) is 12.4. The number of rotatable bonds is 7. The fraction of sp³-hybridized carbons (Fsp3) is 0.455. The van der Waals surface area contributed by atoms with Gasteiger partial charge in [-0.05, 0) is 31.2 Å². The number of hydrogen-bond acceptors (Lipinski definition) is 4. The van der Waals surface area contributed by atoms with Crippen molar-refractivity contribution >= 4 is 22.5 Å². The van der Waals surface area contributed by atoms with E-state index in [0.29, 0.717) is 12.5 Å². The fourth-order valence-electron chi connectivity index (χ4n) is 3.97. The average molecular weight is 382 g/mol. The van der Waals surface area contributed by atoms with Gasteiger partial charge < -0.3 is 9.30 Å². The lowest BCUT2D eigenvalue weighted by Crippen LogP contribution is -2.12. The Morgan fingerprint density at radius 1 is 1.04 bits per heavy atom. The molecule has 5 heteroatoms. The Hall–Kier alpha value is -2.01. The van der Waals surface area contributed by atoms with E-state index in [9.17, 15) is 0 Å². The lowest BCUT2D eigenvalue weighted by atomic mass is 9.89. The van der Waals surface area contributed by atoms with Crippen LogP contribution in [0.5, 0.6) is 5.75 Å². The third kappa shape index (κ3) is 4.13. The maximum atomic E-state index is 6.06. The third-order valence-corrected chi connectivity index (χ3v) is 6.28. The second kappa shape index (κ2) is 8.79. The molecule has 1 heterocycles. The van der Waals surface area contributed by atoms with Crippen LogP contribution in [0.3, 0.4) is 0 Å². The van der Waals surface area contributed by atoms with Crippen LogP contribution in [0, 0.1) is 0 Å². The summed E-state index contributed by atoms with van der Waals surface area (Å²) in [6, 6.07) is 14.6. The minimum absolute atomic E-state index is 0.590. The van der Waals surface area contributed by atoms with Gasteiger partial charge in [0, 0.05) is 23.6 Å². The zero-order chi connectivity index (χ0) is 18.5. The van der Waals surface area contributed by atoms with E-state index in [-0.39, 0.29) is 0 Å². The number of ether oxygens (including phenoxy) is 1. The summed E-state index contributed by atoms with van der Waals surface area (Å²) in [4.78, 5) is 0. The van der Waals surface area contributed by atoms with Crippen LogP contribution in [0.1, 0.15) is 50.8 Å². The van der Waals surface area contributed by atoms with E-state index in [4.69, 9.17) is 4.74 Å². The SMILES string of the molecule is CCn1c(SCCOc2cccc3ccccc23)nnc1C1CCCCC1. The second-order valence-corrected chi connectivity index (χ2v) is 8.16. The molecule has 0 unspecified atom stereocenters. The van der Waals surface area contributed by atoms with Gasteiger partial charge in [-0.15, -0.1) is 10.2 Å². The molecule has 1 saturated carbocycles. The van der Waals surface area contributed by atoms with Crippen molar-refractivity contribution in [3.05, 3.63) is 48.3 Å². The van der Waals surface area contributed by atoms with Crippen LogP contribution in [-0.2, 0) is 6.54 Å². The highest BCUT2D eigenvalue weighted by molar-refractivity contribution is 7.99. The third-order valence-electron chi connectivity index (χ3n) is 5.35. The normalized spacial score (nSPS) is 15.3. The highest BCUT2D eigenvalue weighted by atomic mass is 32.2. The monoisotopic (exact) mass is 381 g/mol. The van der Waals surface area contributed by atoms with Gasteiger partial charge >= 0.3 is 0 Å². The molecule has 0 bridgehead atoms. The molecule has 0 spiro atoms. The first kappa shape index (κ1) is 18.4. The van der Waals surface area contributed by atoms with Crippen molar-refractivity contribution in [2.45, 2.75) is 56.6 Å². The fourth-order valence-corrected chi connectivity index (χ4v) is 4.80. The zero-order valence-corrected chi connectivity index (χ0v) is 16.8. The number of nitrogens with zero attached hydrogens (tertiary/aromatic N) is 3. The number of aromatic nitrogens is 3. The molecule has 2 aromatic carbocycles. The summed E-state index contributed by atoms with van der Waals surface area (Å²) >= 11 is 1.75. The topological polar surface area (TPSA) is 39.9 Å². The summed E-state index contributed by atoms with van der Waals surface area (Å²) in [5.74, 6) is 3.60. The summed E-state index contributed by atoms with van der Waals surface area (Å²) in [6.45, 7) is 3.78. The van der Waals surface area contributed by atoms with E-state index >= 15 is 0 Å². The van der Waals surface area contributed by atoms with Crippen molar-refractivity contribution in [2.75, 3.05) is 12.4 Å². The van der Waals surface area contributed by atoms with Gasteiger partial charge in [0.1, 0.15) is 11.6 Å². The molecule has 3 aromatic rings. The molecule has 0 radical (unpaired) electrons. The van der Waals surface area contributed by atoms with Gasteiger partial charge in [-0.25, -0.2) is 0 Å². The molecule has 4 rings (SSSR count). The van der Waals surface area contributed by atoms with Crippen molar-refractivity contribution in [1.29, 1.82) is 0 Å². The molecular weight excluding hydrogens is 354 g/mol. The maximum Gasteiger partial charge on any atom is 0.191 e. The first-order chi connectivity index (χ1) is 13.4. The summed E-state index contributed by atoms with van der Waals surface area (Å²) in [7, 11) is 0. The minimum Gasteiger partial charge on any atom is -0.492 e. The predicted octanol–water partition coefficient (Wildman–Crippen LogP) is 5.67. The first-order valence-electron chi connectivity index (χ1n) is 10.0. The lowest BCUT2D eigenvalue weighted by Gasteiger charge is -2.21. The Kier molecular flexibility index (Phi) is 5.97. The molecule has 0 aliphatic heterocycles. The van der Waals surface area contributed by atoms with Crippen LogP contribution in [-0.4, -0.2) is 27.1 Å². The lowest BCUT2D eigenvalue weighted by molar-refractivity contribution is 0.348. The number of fused-ring (bicyclic) bond motifs is 1. The van der Waals surface area contributed by atoms with E-state index in [1.807, 2.05) is 6.07 Å². The van der Waals surface area contributed by atoms with E-state index < -0.39 is 0 Å². The maximum absolute atomic E-state index is 6.06. The van der Waals surface area contributed by atoms with Crippen molar-refractivity contribution in [3.63, 3.8) is 0 Å². The summed E-state index contributed by atoms with van der Waals surface area (Å²) < 4.78 is 8.36. The molecule has 1 aromatic heterocycles. The molecule has 0 saturated heterocycles. The second-order valence-electron chi connectivity index (χ2n) is 7.09. The minimum atomic E-state index is 0.590. The van der Waals surface area contributed by atoms with E-state index in [2.05, 4.69) is 58.1 Å². The molecule has 1 aliphatic rings. The Morgan fingerprint density at radius 3 is 2.70 bits per heavy atom. The predicted molar refractivity (Wildman–Crippen MR) is 112 cm³/mol. The van der Waals surface area contributed by atoms with Gasteiger partial charge in [-0.1, -0.05) is 67.4 Å². The molecule has 27 heavy (non-hydrogen) atoms. The number of benzene rings is 2. The summed E-state index contributed by atoms with van der Waals surface area (Å²) in [6.07, 6.45) is 6.52. The number of thioether (sulfide) groups is 1. The van der Waals surface area contributed by atoms with Crippen molar-refractivity contribution < 1.29 is 4.74 Å². The van der Waals surface area contributed by atoms with Gasteiger partial charge in [0.2, 0.25) is 0 Å². The van der Waals surface area contributed by atoms with Gasteiger partial charge in [0.05, 0.1) is 6.61 Å². The molecule has 0 amide bonds. The van der Waals surface area contributed by atoms with E-state index in [1.165, 1.54) is 48.7 Å². The quantitative estimate of drug-likeness (QED) is 0.390. The summed E-state index contributed by atoms with van der Waals surface area (Å²) in [5.41, 5.74) is 0. The van der Waals surface area contributed by atoms with Crippen molar-refractivity contribution in [1.82, 2.24) is 14.8 Å². The van der Waals surface area contributed by atoms with Crippen LogP contribution in [0.4, 0.5) is 0 Å². The van der Waals surface area contributed by atoms with Gasteiger partial charge in [0.25, 0.3) is 0 Å². The van der Waals surface area contributed by atoms with Gasteiger partial charge in [0.15, 0.2) is 5.16 Å². The highest BCUT2D eigenvalue weighted by Crippen LogP contribution is 2.33. The van der Waals surface area contributed by atoms with Crippen LogP contribution in [0.2, 0.25) is 0 Å². The highest BCUT2D eigenvalue weighted by Gasteiger charge is 2.22. The Balaban J connectivity index is 1.37. The average Bonchev–Trinajstić information content (AvgIpc) is 3.15. The molecule has 4 nitrogen and oxygen atoms in total. The molecule has 0 N–H and O–H groups in total. The van der Waals surface area contributed by atoms with Crippen LogP contribution < -0.4 is 4.74 Å². The van der Waals surface area contributed by atoms with Crippen LogP contribution in [0.25, 0.3) is 10.8 Å². The first-order valence-corrected chi connectivity index (χ1v) is 11.0. The van der Waals surface area contributed by atoms with E-state index in [1.54, 1.807) is 11.8 Å². The molecule has 1 aliphatic carbocycles. The zero-order valence-electron chi connectivity index (χ0n) is 15.9. The Morgan fingerprint density at radius 2 is 1.85 bits per heavy atom. The Bertz CT molecular complexity index is 881. The van der Waals surface area contributed by atoms with Crippen LogP contribution in [0.15, 0.2) is 47.6 Å². The molecule has 142 valence electrons. The van der Waals surface area contributed by atoms with Crippen molar-refractivity contribution in [3.8, 4) is 5.75 Å². The molecular formula is C22H27N3OS. The number of hydrogen-bond donors (Lipinski definition) is 0. The van der Waals surface area contributed by atoms with Gasteiger partial charge in [-0.2, -0.15) is 0 Å². The van der Waals surface area contributed by atoms with Crippen LogP contribution >= 0.6 is 11.8 Å². The van der Waals surface area contributed by atoms with Gasteiger partial charge in [-0.3, -0.25) is 0 Å². The molecule has 1 fully saturated rings. The Labute approximate surface area is 165 Å². The largest absolute Gasteiger partial charge is 0.492 e. The van der Waals surface area contributed by atoms with Crippen molar-refractivity contribution in [2.24, 2.45) is 0 Å².